The van der Waals surface area contributed by atoms with E-state index in [1.165, 1.54) is 19.3 Å². The molecule has 0 fully saturated rings. The summed E-state index contributed by atoms with van der Waals surface area (Å²) in [4.78, 5) is 0. The first-order valence-electron chi connectivity index (χ1n) is 6.78. The second kappa shape index (κ2) is 10.9. The van der Waals surface area contributed by atoms with Gasteiger partial charge in [0, 0.05) is 27.4 Å². The van der Waals surface area contributed by atoms with Gasteiger partial charge in [-0.05, 0) is 19.4 Å². The molecule has 110 valence electrons. The van der Waals surface area contributed by atoms with E-state index in [9.17, 15) is 0 Å². The summed E-state index contributed by atoms with van der Waals surface area (Å²) in [5.74, 6) is 0. The molecule has 5 nitrogen and oxygen atoms in total. The molecule has 0 aromatic heterocycles. The van der Waals surface area contributed by atoms with Crippen LogP contribution in [0.15, 0.2) is 0 Å². The van der Waals surface area contributed by atoms with Crippen molar-refractivity contribution >= 4 is 8.80 Å². The Hall–Kier alpha value is 0.0169. The van der Waals surface area contributed by atoms with Crippen molar-refractivity contribution in [3.8, 4) is 0 Å². The minimum atomic E-state index is -2.40. The predicted molar refractivity (Wildman–Crippen MR) is 76.3 cm³/mol. The Morgan fingerprint density at radius 3 is 2.17 bits per heavy atom. The molecule has 0 aliphatic rings. The smallest absolute Gasteiger partial charge is 0.377 e. The standard InChI is InChI=1S/C12H30N2O3Si/c1-5-6-7-9-12(13)14-10-8-11-18(15-2,16-3)17-4/h12,14H,5-11,13H2,1-4H3. The van der Waals surface area contributed by atoms with Crippen molar-refractivity contribution in [2.24, 2.45) is 5.73 Å². The molecular weight excluding hydrogens is 248 g/mol. The van der Waals surface area contributed by atoms with Crippen molar-refractivity contribution in [2.75, 3.05) is 27.9 Å². The van der Waals surface area contributed by atoms with Gasteiger partial charge in [-0.2, -0.15) is 0 Å². The average molecular weight is 278 g/mol. The third kappa shape index (κ3) is 7.45. The van der Waals surface area contributed by atoms with Crippen LogP contribution >= 0.6 is 0 Å². The molecule has 0 heterocycles. The van der Waals surface area contributed by atoms with Crippen molar-refractivity contribution in [1.29, 1.82) is 0 Å². The molecular formula is C12H30N2O3Si. The Kier molecular flexibility index (Phi) is 10.9. The molecule has 0 radical (unpaired) electrons. The van der Waals surface area contributed by atoms with Crippen LogP contribution in [-0.2, 0) is 13.3 Å². The lowest BCUT2D eigenvalue weighted by Crippen LogP contribution is -2.44. The number of nitrogens with one attached hydrogen (secondary N) is 1. The molecule has 3 N–H and O–H groups in total. The maximum Gasteiger partial charge on any atom is 0.500 e. The number of hydrogen-bond acceptors (Lipinski definition) is 5. The maximum absolute atomic E-state index is 5.97. The third-order valence-electron chi connectivity index (χ3n) is 3.12. The Bertz CT molecular complexity index is 184. The minimum Gasteiger partial charge on any atom is -0.377 e. The van der Waals surface area contributed by atoms with Gasteiger partial charge >= 0.3 is 8.80 Å². The van der Waals surface area contributed by atoms with Gasteiger partial charge in [-0.3, -0.25) is 0 Å². The highest BCUT2D eigenvalue weighted by Crippen LogP contribution is 2.14. The zero-order chi connectivity index (χ0) is 13.9. The number of nitrogens with two attached hydrogens (primary N) is 1. The average Bonchev–Trinajstić information content (AvgIpc) is 2.40. The molecule has 0 aromatic carbocycles. The molecule has 1 atom stereocenters. The van der Waals surface area contributed by atoms with Crippen LogP contribution in [0, 0.1) is 0 Å². The monoisotopic (exact) mass is 278 g/mol. The molecule has 0 saturated carbocycles. The van der Waals surface area contributed by atoms with Gasteiger partial charge in [0.15, 0.2) is 0 Å². The fourth-order valence-electron chi connectivity index (χ4n) is 1.86. The van der Waals surface area contributed by atoms with E-state index in [0.29, 0.717) is 0 Å². The highest BCUT2D eigenvalue weighted by Gasteiger charge is 2.36. The molecule has 0 saturated heterocycles. The number of rotatable bonds is 12. The summed E-state index contributed by atoms with van der Waals surface area (Å²) in [5, 5.41) is 3.32. The summed E-state index contributed by atoms with van der Waals surface area (Å²) in [5.41, 5.74) is 5.97. The van der Waals surface area contributed by atoms with Crippen LogP contribution in [0.1, 0.15) is 39.0 Å². The SMILES string of the molecule is CCCCCC(N)NCCC[Si](OC)(OC)OC. The van der Waals surface area contributed by atoms with E-state index in [4.69, 9.17) is 19.0 Å². The first-order valence-corrected chi connectivity index (χ1v) is 8.71. The highest BCUT2D eigenvalue weighted by molar-refractivity contribution is 6.60. The van der Waals surface area contributed by atoms with Gasteiger partial charge in [0.25, 0.3) is 0 Å². The molecule has 0 aliphatic carbocycles. The van der Waals surface area contributed by atoms with Gasteiger partial charge in [0.2, 0.25) is 0 Å². The van der Waals surface area contributed by atoms with Crippen molar-refractivity contribution in [3.05, 3.63) is 0 Å². The van der Waals surface area contributed by atoms with Crippen LogP contribution < -0.4 is 11.1 Å². The molecule has 0 bridgehead atoms. The van der Waals surface area contributed by atoms with Crippen molar-refractivity contribution < 1.29 is 13.3 Å². The largest absolute Gasteiger partial charge is 0.500 e. The van der Waals surface area contributed by atoms with Gasteiger partial charge in [-0.15, -0.1) is 0 Å². The van der Waals surface area contributed by atoms with E-state index in [2.05, 4.69) is 12.2 Å². The molecule has 18 heavy (non-hydrogen) atoms. The first-order chi connectivity index (χ1) is 8.64. The Labute approximate surface area is 113 Å². The second-order valence-electron chi connectivity index (χ2n) is 4.46. The summed E-state index contributed by atoms with van der Waals surface area (Å²) in [6, 6.07) is 0.811. The van der Waals surface area contributed by atoms with E-state index >= 15 is 0 Å². The van der Waals surface area contributed by atoms with Crippen LogP contribution in [-0.4, -0.2) is 42.8 Å². The van der Waals surface area contributed by atoms with Crippen LogP contribution in [0.2, 0.25) is 6.04 Å². The zero-order valence-corrected chi connectivity index (χ0v) is 13.3. The minimum absolute atomic E-state index is 0.0975. The fourth-order valence-corrected chi connectivity index (χ4v) is 3.59. The van der Waals surface area contributed by atoms with Crippen LogP contribution in [0.3, 0.4) is 0 Å². The third-order valence-corrected chi connectivity index (χ3v) is 5.95. The van der Waals surface area contributed by atoms with Gasteiger partial charge < -0.3 is 24.3 Å². The predicted octanol–water partition coefficient (Wildman–Crippen LogP) is 1.71. The van der Waals surface area contributed by atoms with Gasteiger partial charge in [0.05, 0.1) is 6.17 Å². The molecule has 0 aromatic rings. The van der Waals surface area contributed by atoms with E-state index in [-0.39, 0.29) is 6.17 Å². The van der Waals surface area contributed by atoms with Crippen molar-refractivity contribution in [3.63, 3.8) is 0 Å². The topological polar surface area (TPSA) is 65.7 Å². The van der Waals surface area contributed by atoms with Crippen molar-refractivity contribution in [2.45, 2.75) is 51.2 Å². The summed E-state index contributed by atoms with van der Waals surface area (Å²) in [6.45, 7) is 3.07. The molecule has 1 unspecified atom stereocenters. The summed E-state index contributed by atoms with van der Waals surface area (Å²) in [6.07, 6.45) is 5.76. The molecule has 6 heteroatoms. The Balaban J connectivity index is 3.64. The lowest BCUT2D eigenvalue weighted by molar-refractivity contribution is 0.123. The molecule has 0 rings (SSSR count). The van der Waals surface area contributed by atoms with E-state index in [1.807, 2.05) is 0 Å². The summed E-state index contributed by atoms with van der Waals surface area (Å²) >= 11 is 0. The Morgan fingerprint density at radius 2 is 1.67 bits per heavy atom. The summed E-state index contributed by atoms with van der Waals surface area (Å²) in [7, 11) is 2.52. The maximum atomic E-state index is 5.97. The van der Waals surface area contributed by atoms with Crippen molar-refractivity contribution in [1.82, 2.24) is 5.32 Å². The first kappa shape index (κ1) is 18.0. The molecule has 0 aliphatic heterocycles. The number of unbranched alkanes of at least 4 members (excludes halogenated alkanes) is 2. The number of hydrogen-bond donors (Lipinski definition) is 2. The lowest BCUT2D eigenvalue weighted by Gasteiger charge is -2.24. The van der Waals surface area contributed by atoms with Gasteiger partial charge in [0.1, 0.15) is 0 Å². The molecule has 0 amide bonds. The van der Waals surface area contributed by atoms with E-state index in [1.54, 1.807) is 21.3 Å². The highest BCUT2D eigenvalue weighted by atomic mass is 28.4. The normalized spacial score (nSPS) is 13.8. The second-order valence-corrected chi connectivity index (χ2v) is 7.55. The van der Waals surface area contributed by atoms with Crippen LogP contribution in [0.5, 0.6) is 0 Å². The zero-order valence-electron chi connectivity index (χ0n) is 12.3. The van der Waals surface area contributed by atoms with E-state index in [0.717, 1.165) is 25.4 Å². The van der Waals surface area contributed by atoms with Gasteiger partial charge in [-0.1, -0.05) is 26.2 Å². The quantitative estimate of drug-likeness (QED) is 0.323. The van der Waals surface area contributed by atoms with Gasteiger partial charge in [-0.25, -0.2) is 0 Å². The fraction of sp³-hybridized carbons (Fsp3) is 1.00. The van der Waals surface area contributed by atoms with Crippen LogP contribution in [0.4, 0.5) is 0 Å². The molecule has 0 spiro atoms. The Morgan fingerprint density at radius 1 is 1.06 bits per heavy atom. The summed E-state index contributed by atoms with van der Waals surface area (Å²) < 4.78 is 16.1. The lowest BCUT2D eigenvalue weighted by atomic mass is 10.2. The van der Waals surface area contributed by atoms with E-state index < -0.39 is 8.80 Å². The van der Waals surface area contributed by atoms with Crippen LogP contribution in [0.25, 0.3) is 0 Å².